The number of aliphatic hydroxyl groups excluding tert-OH is 1. The van der Waals surface area contributed by atoms with Crippen molar-refractivity contribution in [2.24, 2.45) is 13.0 Å². The SMILES string of the molecule is [C-]#[N+]c1ccc2c(n1)c(N1CC[C@H](O)[C@H](C)C1)c(C#N)c(=O)n2C. The Kier molecular flexibility index (Phi) is 3.96. The van der Waals surface area contributed by atoms with E-state index in [1.165, 1.54) is 4.57 Å². The van der Waals surface area contributed by atoms with Crippen LogP contribution in [0.15, 0.2) is 16.9 Å². The third kappa shape index (κ3) is 2.40. The molecule has 1 aliphatic heterocycles. The monoisotopic (exact) mass is 323 g/mol. The van der Waals surface area contributed by atoms with Gasteiger partial charge in [-0.3, -0.25) is 4.79 Å². The summed E-state index contributed by atoms with van der Waals surface area (Å²) in [5.41, 5.74) is 1.19. The van der Waals surface area contributed by atoms with Crippen LogP contribution in [0.1, 0.15) is 18.9 Å². The summed E-state index contributed by atoms with van der Waals surface area (Å²) in [4.78, 5) is 22.2. The number of fused-ring (bicyclic) bond motifs is 1. The zero-order chi connectivity index (χ0) is 17.4. The summed E-state index contributed by atoms with van der Waals surface area (Å²) < 4.78 is 1.39. The van der Waals surface area contributed by atoms with Crippen molar-refractivity contribution >= 4 is 22.5 Å². The maximum Gasteiger partial charge on any atom is 0.271 e. The average Bonchev–Trinajstić information content (AvgIpc) is 2.59. The third-order valence-electron chi connectivity index (χ3n) is 4.60. The van der Waals surface area contributed by atoms with E-state index >= 15 is 0 Å². The molecule has 122 valence electrons. The van der Waals surface area contributed by atoms with E-state index in [9.17, 15) is 15.2 Å². The minimum atomic E-state index is -0.392. The van der Waals surface area contributed by atoms with Crippen molar-refractivity contribution in [3.8, 4) is 6.07 Å². The molecule has 0 unspecified atom stereocenters. The molecule has 7 heteroatoms. The number of aryl methyl sites for hydroxylation is 1. The first-order chi connectivity index (χ1) is 11.5. The van der Waals surface area contributed by atoms with Crippen LogP contribution >= 0.6 is 0 Å². The normalized spacial score (nSPS) is 20.6. The highest BCUT2D eigenvalue weighted by molar-refractivity contribution is 5.92. The second kappa shape index (κ2) is 5.95. The number of rotatable bonds is 1. The molecule has 24 heavy (non-hydrogen) atoms. The molecule has 2 aromatic rings. The van der Waals surface area contributed by atoms with Gasteiger partial charge < -0.3 is 19.4 Å². The van der Waals surface area contributed by atoms with E-state index in [1.54, 1.807) is 19.2 Å². The van der Waals surface area contributed by atoms with Gasteiger partial charge in [0.15, 0.2) is 0 Å². The van der Waals surface area contributed by atoms with Gasteiger partial charge in [-0.2, -0.15) is 5.26 Å². The zero-order valence-electron chi connectivity index (χ0n) is 13.5. The van der Waals surface area contributed by atoms with E-state index in [1.807, 2.05) is 17.9 Å². The van der Waals surface area contributed by atoms with Gasteiger partial charge in [0.25, 0.3) is 11.4 Å². The van der Waals surface area contributed by atoms with Crippen LogP contribution in [0.5, 0.6) is 0 Å². The van der Waals surface area contributed by atoms with Crippen LogP contribution < -0.4 is 10.5 Å². The molecule has 0 saturated carbocycles. The molecule has 3 heterocycles. The maximum atomic E-state index is 12.6. The average molecular weight is 323 g/mol. The lowest BCUT2D eigenvalue weighted by Gasteiger charge is -2.36. The highest BCUT2D eigenvalue weighted by Gasteiger charge is 2.30. The molecule has 1 fully saturated rings. The number of anilines is 1. The van der Waals surface area contributed by atoms with E-state index < -0.39 is 6.10 Å². The van der Waals surface area contributed by atoms with Crippen LogP contribution in [0.2, 0.25) is 0 Å². The molecule has 1 aliphatic rings. The van der Waals surface area contributed by atoms with Gasteiger partial charge >= 0.3 is 0 Å². The highest BCUT2D eigenvalue weighted by Crippen LogP contribution is 2.32. The first kappa shape index (κ1) is 16.0. The topological polar surface area (TPSA) is 86.5 Å². The maximum absolute atomic E-state index is 12.6. The second-order valence-electron chi connectivity index (χ2n) is 6.13. The molecule has 0 radical (unpaired) electrons. The Morgan fingerprint density at radius 3 is 2.88 bits per heavy atom. The van der Waals surface area contributed by atoms with Crippen LogP contribution in [-0.2, 0) is 7.05 Å². The molecule has 0 aliphatic carbocycles. The summed E-state index contributed by atoms with van der Waals surface area (Å²) in [7, 11) is 1.59. The van der Waals surface area contributed by atoms with Crippen molar-refractivity contribution in [1.82, 2.24) is 9.55 Å². The summed E-state index contributed by atoms with van der Waals surface area (Å²) in [5.74, 6) is 0.241. The first-order valence-corrected chi connectivity index (χ1v) is 7.72. The fourth-order valence-electron chi connectivity index (χ4n) is 3.19. The molecular formula is C17H17N5O2. The molecule has 3 rings (SSSR count). The highest BCUT2D eigenvalue weighted by atomic mass is 16.3. The molecule has 0 bridgehead atoms. The third-order valence-corrected chi connectivity index (χ3v) is 4.60. The van der Waals surface area contributed by atoms with Crippen LogP contribution in [0.3, 0.4) is 0 Å². The molecule has 0 aromatic carbocycles. The Morgan fingerprint density at radius 1 is 1.50 bits per heavy atom. The van der Waals surface area contributed by atoms with Crippen molar-refractivity contribution < 1.29 is 5.11 Å². The predicted molar refractivity (Wildman–Crippen MR) is 90.0 cm³/mol. The van der Waals surface area contributed by atoms with E-state index in [-0.39, 0.29) is 22.9 Å². The van der Waals surface area contributed by atoms with Gasteiger partial charge in [0.2, 0.25) is 5.52 Å². The van der Waals surface area contributed by atoms with Crippen LogP contribution in [0.25, 0.3) is 15.9 Å². The Hall–Kier alpha value is -2.90. The Morgan fingerprint density at radius 2 is 2.25 bits per heavy atom. The smallest absolute Gasteiger partial charge is 0.271 e. The van der Waals surface area contributed by atoms with Crippen molar-refractivity contribution in [3.05, 3.63) is 39.5 Å². The minimum absolute atomic E-state index is 0.0217. The number of piperidine rings is 1. The molecule has 2 atom stereocenters. The summed E-state index contributed by atoms with van der Waals surface area (Å²) in [6.07, 6.45) is 0.169. The van der Waals surface area contributed by atoms with Gasteiger partial charge in [0.05, 0.1) is 11.6 Å². The number of hydrogen-bond acceptors (Lipinski definition) is 5. The van der Waals surface area contributed by atoms with Crippen LogP contribution in [0, 0.1) is 23.8 Å². The molecule has 1 N–H and O–H groups in total. The van der Waals surface area contributed by atoms with E-state index in [2.05, 4.69) is 9.83 Å². The van der Waals surface area contributed by atoms with Crippen molar-refractivity contribution in [2.75, 3.05) is 18.0 Å². The molecular weight excluding hydrogens is 306 g/mol. The van der Waals surface area contributed by atoms with Gasteiger partial charge in [0, 0.05) is 20.1 Å². The van der Waals surface area contributed by atoms with Gasteiger partial charge in [-0.15, -0.1) is 4.98 Å². The van der Waals surface area contributed by atoms with Gasteiger partial charge in [-0.05, 0) is 24.5 Å². The number of aromatic nitrogens is 2. The summed E-state index contributed by atoms with van der Waals surface area (Å²) in [6, 6.07) is 5.25. The summed E-state index contributed by atoms with van der Waals surface area (Å²) >= 11 is 0. The van der Waals surface area contributed by atoms with Crippen molar-refractivity contribution in [1.29, 1.82) is 5.26 Å². The fourth-order valence-corrected chi connectivity index (χ4v) is 3.19. The second-order valence-corrected chi connectivity index (χ2v) is 6.13. The summed E-state index contributed by atoms with van der Waals surface area (Å²) in [5, 5.41) is 19.5. The number of nitriles is 1. The first-order valence-electron chi connectivity index (χ1n) is 7.72. The van der Waals surface area contributed by atoms with Gasteiger partial charge in [-0.25, -0.2) is 0 Å². The van der Waals surface area contributed by atoms with Gasteiger partial charge in [-0.1, -0.05) is 13.5 Å². The number of nitrogens with zero attached hydrogens (tertiary/aromatic N) is 5. The van der Waals surface area contributed by atoms with Crippen LogP contribution in [-0.4, -0.2) is 33.9 Å². The van der Waals surface area contributed by atoms with E-state index in [4.69, 9.17) is 6.57 Å². The number of pyridine rings is 2. The molecule has 1 saturated heterocycles. The quantitative estimate of drug-likeness (QED) is 0.805. The van der Waals surface area contributed by atoms with Crippen molar-refractivity contribution in [2.45, 2.75) is 19.4 Å². The molecule has 7 nitrogen and oxygen atoms in total. The van der Waals surface area contributed by atoms with Gasteiger partial charge in [0.1, 0.15) is 17.3 Å². The minimum Gasteiger partial charge on any atom is -0.393 e. The largest absolute Gasteiger partial charge is 0.393 e. The lowest BCUT2D eigenvalue weighted by atomic mass is 9.95. The lowest BCUT2D eigenvalue weighted by Crippen LogP contribution is -2.43. The van der Waals surface area contributed by atoms with Crippen LogP contribution in [0.4, 0.5) is 11.5 Å². The fraction of sp³-hybridized carbons (Fsp3) is 0.412. The Labute approximate surface area is 139 Å². The number of hydrogen-bond donors (Lipinski definition) is 1. The Balaban J connectivity index is 2.32. The zero-order valence-corrected chi connectivity index (χ0v) is 13.5. The van der Waals surface area contributed by atoms with E-state index in [0.29, 0.717) is 36.2 Å². The Bertz CT molecular complexity index is 951. The van der Waals surface area contributed by atoms with E-state index in [0.717, 1.165) is 0 Å². The summed E-state index contributed by atoms with van der Waals surface area (Å²) in [6.45, 7) is 10.2. The molecule has 0 spiro atoms. The molecule has 2 aromatic heterocycles. The predicted octanol–water partition coefficient (Wildman–Crippen LogP) is 1.56. The lowest BCUT2D eigenvalue weighted by molar-refractivity contribution is 0.0971. The molecule has 0 amide bonds. The number of aliphatic hydroxyl groups is 1. The van der Waals surface area contributed by atoms with Crippen molar-refractivity contribution in [3.63, 3.8) is 0 Å². The standard InChI is InChI=1S/C17H17N5O2/c1-10-9-22(7-6-13(10)23)16-11(8-18)17(24)21(3)12-4-5-14(19-2)20-15(12)16/h4-5,10,13,23H,6-7,9H2,1,3H3/t10-,13+/m1/s1.